The SMILES string of the molecule is CCCC/C=C\CCCCCCCC(=O)OC(/C=C\CCCCCCCC)CCCCCCCCC(=O)NCC(=O)O. The largest absolute Gasteiger partial charge is 0.480 e. The van der Waals surface area contributed by atoms with Crippen molar-refractivity contribution in [3.05, 3.63) is 24.3 Å². The molecule has 0 saturated carbocycles. The molecule has 0 aliphatic heterocycles. The molecule has 6 nitrogen and oxygen atoms in total. The number of ether oxygens (including phenoxy) is 1. The molecule has 0 fully saturated rings. The number of rotatable bonds is 31. The minimum Gasteiger partial charge on any atom is -0.480 e. The number of hydrogen-bond acceptors (Lipinski definition) is 4. The topological polar surface area (TPSA) is 92.7 Å². The van der Waals surface area contributed by atoms with E-state index in [9.17, 15) is 14.4 Å². The van der Waals surface area contributed by atoms with Crippen molar-refractivity contribution in [1.29, 1.82) is 0 Å². The van der Waals surface area contributed by atoms with Crippen molar-refractivity contribution in [2.75, 3.05) is 6.54 Å². The van der Waals surface area contributed by atoms with Crippen molar-refractivity contribution in [3.63, 3.8) is 0 Å². The first-order chi connectivity index (χ1) is 20.5. The van der Waals surface area contributed by atoms with Crippen LogP contribution in [0, 0.1) is 0 Å². The van der Waals surface area contributed by atoms with E-state index in [0.717, 1.165) is 64.2 Å². The van der Waals surface area contributed by atoms with Crippen LogP contribution in [0.5, 0.6) is 0 Å². The lowest BCUT2D eigenvalue weighted by Gasteiger charge is -2.15. The second-order valence-electron chi connectivity index (χ2n) is 11.8. The molecule has 0 radical (unpaired) electrons. The van der Waals surface area contributed by atoms with Gasteiger partial charge in [0.2, 0.25) is 5.91 Å². The molecule has 0 aliphatic carbocycles. The Morgan fingerprint density at radius 3 is 1.74 bits per heavy atom. The van der Waals surface area contributed by atoms with Gasteiger partial charge in [-0.1, -0.05) is 122 Å². The van der Waals surface area contributed by atoms with Gasteiger partial charge in [-0.2, -0.15) is 0 Å². The summed E-state index contributed by atoms with van der Waals surface area (Å²) in [6.07, 6.45) is 35.9. The molecule has 0 saturated heterocycles. The maximum atomic E-state index is 12.6. The Kier molecular flexibility index (Phi) is 30.2. The predicted molar refractivity (Wildman–Crippen MR) is 176 cm³/mol. The minimum atomic E-state index is -1.02. The molecule has 1 unspecified atom stereocenters. The third kappa shape index (κ3) is 30.8. The van der Waals surface area contributed by atoms with E-state index in [0.29, 0.717) is 12.8 Å². The van der Waals surface area contributed by atoms with Crippen LogP contribution in [0.1, 0.15) is 174 Å². The number of amides is 1. The van der Waals surface area contributed by atoms with E-state index in [4.69, 9.17) is 9.84 Å². The number of carbonyl (C=O) groups is 3. The number of unbranched alkanes of at least 4 members (excludes halogenated alkanes) is 18. The number of carboxylic acids is 1. The molecular weight excluding hydrogens is 526 g/mol. The molecule has 0 aliphatic rings. The lowest BCUT2D eigenvalue weighted by Crippen LogP contribution is -2.28. The van der Waals surface area contributed by atoms with Crippen LogP contribution in [-0.4, -0.2) is 35.6 Å². The second-order valence-corrected chi connectivity index (χ2v) is 11.8. The summed E-state index contributed by atoms with van der Waals surface area (Å²) in [6.45, 7) is 4.16. The summed E-state index contributed by atoms with van der Waals surface area (Å²) >= 11 is 0. The summed E-state index contributed by atoms with van der Waals surface area (Å²) in [6, 6.07) is 0. The van der Waals surface area contributed by atoms with Crippen molar-refractivity contribution in [2.45, 2.75) is 180 Å². The molecule has 0 aromatic heterocycles. The van der Waals surface area contributed by atoms with Gasteiger partial charge >= 0.3 is 11.9 Å². The maximum absolute atomic E-state index is 12.6. The van der Waals surface area contributed by atoms with Gasteiger partial charge in [0.15, 0.2) is 0 Å². The summed E-state index contributed by atoms with van der Waals surface area (Å²) in [5.74, 6) is -1.28. The first-order valence-electron chi connectivity index (χ1n) is 17.5. The molecule has 1 amide bonds. The van der Waals surface area contributed by atoms with Crippen molar-refractivity contribution in [1.82, 2.24) is 5.32 Å². The van der Waals surface area contributed by atoms with Crippen LogP contribution in [0.3, 0.4) is 0 Å². The zero-order chi connectivity index (χ0) is 30.9. The highest BCUT2D eigenvalue weighted by Gasteiger charge is 2.11. The number of aliphatic carboxylic acids is 1. The first kappa shape index (κ1) is 39.9. The number of hydrogen-bond donors (Lipinski definition) is 2. The van der Waals surface area contributed by atoms with Gasteiger partial charge < -0.3 is 15.2 Å². The van der Waals surface area contributed by atoms with Crippen LogP contribution in [0.15, 0.2) is 24.3 Å². The standard InChI is InChI=1S/C36H65NO5/c1-3-5-7-9-11-13-14-15-17-23-27-31-36(41)42-33(28-24-20-16-12-10-8-6-4-2)29-25-21-18-19-22-26-30-34(38)37-32-35(39)40/h9,11,24,28,33H,3-8,10,12-23,25-27,29-32H2,1-2H3,(H,37,38)(H,39,40)/b11-9-,28-24-. The van der Waals surface area contributed by atoms with Gasteiger partial charge in [0, 0.05) is 12.8 Å². The fourth-order valence-corrected chi connectivity index (χ4v) is 4.93. The molecule has 0 bridgehead atoms. The Labute approximate surface area is 258 Å². The lowest BCUT2D eigenvalue weighted by atomic mass is 10.0. The molecule has 42 heavy (non-hydrogen) atoms. The molecule has 1 atom stereocenters. The van der Waals surface area contributed by atoms with Gasteiger partial charge in [-0.3, -0.25) is 14.4 Å². The highest BCUT2D eigenvalue weighted by Crippen LogP contribution is 2.15. The first-order valence-corrected chi connectivity index (χ1v) is 17.5. The van der Waals surface area contributed by atoms with E-state index in [1.807, 2.05) is 0 Å². The Balaban J connectivity index is 4.20. The predicted octanol–water partition coefficient (Wildman–Crippen LogP) is 10.0. The number of carboxylic acid groups (broad SMARTS) is 1. The molecule has 0 spiro atoms. The van der Waals surface area contributed by atoms with Crippen molar-refractivity contribution in [2.24, 2.45) is 0 Å². The van der Waals surface area contributed by atoms with Crippen LogP contribution in [0.4, 0.5) is 0 Å². The quantitative estimate of drug-likeness (QED) is 0.0475. The highest BCUT2D eigenvalue weighted by molar-refractivity contribution is 5.80. The third-order valence-electron chi connectivity index (χ3n) is 7.58. The number of nitrogens with one attached hydrogen (secondary N) is 1. The van der Waals surface area contributed by atoms with E-state index in [2.05, 4.69) is 43.5 Å². The summed E-state index contributed by atoms with van der Waals surface area (Å²) in [7, 11) is 0. The Morgan fingerprint density at radius 2 is 1.12 bits per heavy atom. The van der Waals surface area contributed by atoms with E-state index in [1.54, 1.807) is 0 Å². The Hall–Kier alpha value is -2.11. The highest BCUT2D eigenvalue weighted by atomic mass is 16.5. The van der Waals surface area contributed by atoms with Crippen LogP contribution >= 0.6 is 0 Å². The molecular formula is C36H65NO5. The van der Waals surface area contributed by atoms with Gasteiger partial charge in [0.25, 0.3) is 0 Å². The molecule has 0 rings (SSSR count). The summed E-state index contributed by atoms with van der Waals surface area (Å²) in [5, 5.41) is 11.0. The summed E-state index contributed by atoms with van der Waals surface area (Å²) in [5.41, 5.74) is 0. The van der Waals surface area contributed by atoms with Crippen LogP contribution in [0.2, 0.25) is 0 Å². The van der Waals surface area contributed by atoms with Crippen molar-refractivity contribution < 1.29 is 24.2 Å². The zero-order valence-corrected chi connectivity index (χ0v) is 27.4. The number of allylic oxidation sites excluding steroid dienone is 3. The Bertz CT molecular complexity index is 703. The minimum absolute atomic E-state index is 0.0655. The number of esters is 1. The average molecular weight is 592 g/mol. The van der Waals surface area contributed by atoms with Gasteiger partial charge in [-0.25, -0.2) is 0 Å². The van der Waals surface area contributed by atoms with Crippen LogP contribution in [-0.2, 0) is 19.1 Å². The fourth-order valence-electron chi connectivity index (χ4n) is 4.93. The summed E-state index contributed by atoms with van der Waals surface area (Å²) in [4.78, 5) is 34.6. The molecule has 0 aromatic carbocycles. The molecule has 6 heteroatoms. The van der Waals surface area contributed by atoms with E-state index >= 15 is 0 Å². The van der Waals surface area contributed by atoms with Crippen molar-refractivity contribution in [3.8, 4) is 0 Å². The van der Waals surface area contributed by atoms with Gasteiger partial charge in [-0.05, 0) is 63.9 Å². The average Bonchev–Trinajstić information content (AvgIpc) is 2.97. The molecule has 244 valence electrons. The molecule has 0 heterocycles. The van der Waals surface area contributed by atoms with E-state index in [1.165, 1.54) is 83.5 Å². The van der Waals surface area contributed by atoms with E-state index in [-0.39, 0.29) is 24.5 Å². The van der Waals surface area contributed by atoms with Gasteiger partial charge in [-0.15, -0.1) is 0 Å². The molecule has 0 aromatic rings. The maximum Gasteiger partial charge on any atom is 0.322 e. The normalized spacial score (nSPS) is 12.2. The molecule has 2 N–H and O–H groups in total. The third-order valence-corrected chi connectivity index (χ3v) is 7.58. The van der Waals surface area contributed by atoms with Gasteiger partial charge in [0.05, 0.1) is 0 Å². The second kappa shape index (κ2) is 31.8. The zero-order valence-electron chi connectivity index (χ0n) is 27.4. The summed E-state index contributed by atoms with van der Waals surface area (Å²) < 4.78 is 5.89. The van der Waals surface area contributed by atoms with Crippen LogP contribution in [0.25, 0.3) is 0 Å². The van der Waals surface area contributed by atoms with Crippen molar-refractivity contribution >= 4 is 17.8 Å². The number of carbonyl (C=O) groups excluding carboxylic acids is 2. The van der Waals surface area contributed by atoms with Crippen LogP contribution < -0.4 is 5.32 Å². The smallest absolute Gasteiger partial charge is 0.322 e. The Morgan fingerprint density at radius 1 is 0.619 bits per heavy atom. The lowest BCUT2D eigenvalue weighted by molar-refractivity contribution is -0.147. The fraction of sp³-hybridized carbons (Fsp3) is 0.806. The monoisotopic (exact) mass is 591 g/mol. The van der Waals surface area contributed by atoms with E-state index < -0.39 is 5.97 Å². The van der Waals surface area contributed by atoms with Gasteiger partial charge in [0.1, 0.15) is 12.6 Å².